The molecule has 0 aromatic heterocycles. The number of benzene rings is 2. The Hall–Kier alpha value is -1.25. The number of hydrogen-bond donors (Lipinski definition) is 0. The van der Waals surface area contributed by atoms with E-state index in [0.717, 1.165) is 0 Å². The van der Waals surface area contributed by atoms with Gasteiger partial charge in [0.2, 0.25) is 0 Å². The first-order valence-electron chi connectivity index (χ1n) is 6.56. The van der Waals surface area contributed by atoms with Crippen LogP contribution in [0, 0.1) is 0 Å². The molecule has 98 valence electrons. The summed E-state index contributed by atoms with van der Waals surface area (Å²) in [6, 6.07) is 21.3. The van der Waals surface area contributed by atoms with Crippen LogP contribution in [0.1, 0.15) is 5.56 Å². The summed E-state index contributed by atoms with van der Waals surface area (Å²) in [6.07, 6.45) is 2.35. The van der Waals surface area contributed by atoms with Gasteiger partial charge in [-0.05, 0) is 28.3 Å². The summed E-state index contributed by atoms with van der Waals surface area (Å²) < 4.78 is 1.52. The smallest absolute Gasteiger partial charge is 0.0862 e. The average Bonchev–Trinajstić information content (AvgIpc) is 2.39. The third kappa shape index (κ3) is 4.41. The van der Waals surface area contributed by atoms with Crippen molar-refractivity contribution >= 4 is 25.9 Å². The first-order chi connectivity index (χ1) is 9.05. The maximum Gasteiger partial charge on any atom is 0.0862 e. The minimum atomic E-state index is -1.33. The molecule has 0 N–H and O–H groups in total. The summed E-state index contributed by atoms with van der Waals surface area (Å²) in [5.74, 6) is 0. The fraction of sp³-hybridized carbons (Fsp3) is 0.176. The highest BCUT2D eigenvalue weighted by molar-refractivity contribution is 8.05. The molecule has 0 aliphatic heterocycles. The van der Waals surface area contributed by atoms with Crippen molar-refractivity contribution in [2.45, 2.75) is 24.5 Å². The largest absolute Gasteiger partial charge is 0.0991 e. The maximum atomic E-state index is 2.40. The van der Waals surface area contributed by atoms with Crippen molar-refractivity contribution in [3.05, 3.63) is 70.8 Å². The second-order valence-electron chi connectivity index (χ2n) is 5.58. The van der Waals surface area contributed by atoms with E-state index in [4.69, 9.17) is 0 Å². The Morgan fingerprint density at radius 2 is 1.37 bits per heavy atom. The van der Waals surface area contributed by atoms with Gasteiger partial charge in [-0.2, -0.15) is 0 Å². The van der Waals surface area contributed by atoms with Crippen LogP contribution >= 0.6 is 11.8 Å². The topological polar surface area (TPSA) is 0 Å². The van der Waals surface area contributed by atoms with Crippen molar-refractivity contribution in [2.24, 2.45) is 0 Å². The van der Waals surface area contributed by atoms with Crippen LogP contribution < -0.4 is 0 Å². The molecule has 0 bridgehead atoms. The molecular weight excluding hydrogens is 264 g/mol. The summed E-state index contributed by atoms with van der Waals surface area (Å²) in [6.45, 7) is 7.20. The molecule has 2 rings (SSSR count). The molecule has 2 heteroatoms. The second kappa shape index (κ2) is 6.26. The SMILES string of the molecule is C[Si](C)(C)C(=Cc1ccccc1)Sc1ccccc1. The molecule has 0 saturated heterocycles. The second-order valence-corrected chi connectivity index (χ2v) is 12.1. The van der Waals surface area contributed by atoms with E-state index in [9.17, 15) is 0 Å². The Morgan fingerprint density at radius 3 is 1.89 bits per heavy atom. The van der Waals surface area contributed by atoms with E-state index in [0.29, 0.717) is 0 Å². The normalized spacial score (nSPS) is 12.5. The van der Waals surface area contributed by atoms with Crippen molar-refractivity contribution in [1.82, 2.24) is 0 Å². The molecule has 0 unspecified atom stereocenters. The van der Waals surface area contributed by atoms with Crippen molar-refractivity contribution < 1.29 is 0 Å². The van der Waals surface area contributed by atoms with Gasteiger partial charge in [-0.1, -0.05) is 79.9 Å². The highest BCUT2D eigenvalue weighted by Crippen LogP contribution is 2.34. The van der Waals surface area contributed by atoms with Gasteiger partial charge >= 0.3 is 0 Å². The monoisotopic (exact) mass is 284 g/mol. The fourth-order valence-corrected chi connectivity index (χ4v) is 4.64. The molecule has 0 aliphatic carbocycles. The van der Waals surface area contributed by atoms with Crippen LogP contribution in [0.5, 0.6) is 0 Å². The summed E-state index contributed by atoms with van der Waals surface area (Å²) in [5.41, 5.74) is 1.29. The molecule has 19 heavy (non-hydrogen) atoms. The van der Waals surface area contributed by atoms with Gasteiger partial charge in [-0.25, -0.2) is 0 Å². The Morgan fingerprint density at radius 1 is 0.842 bits per heavy atom. The van der Waals surface area contributed by atoms with E-state index in [1.54, 1.807) is 0 Å². The number of hydrogen-bond acceptors (Lipinski definition) is 1. The van der Waals surface area contributed by atoms with Crippen LogP contribution in [0.2, 0.25) is 19.6 Å². The summed E-state index contributed by atoms with van der Waals surface area (Å²) in [7, 11) is -1.33. The lowest BCUT2D eigenvalue weighted by Crippen LogP contribution is -2.21. The molecule has 0 amide bonds. The lowest BCUT2D eigenvalue weighted by molar-refractivity contribution is 1.47. The van der Waals surface area contributed by atoms with E-state index in [1.165, 1.54) is 15.0 Å². The summed E-state index contributed by atoms with van der Waals surface area (Å²) in [5, 5.41) is 0. The van der Waals surface area contributed by atoms with Gasteiger partial charge in [0.25, 0.3) is 0 Å². The Labute approximate surface area is 121 Å². The average molecular weight is 284 g/mol. The predicted octanol–water partition coefficient (Wildman–Crippen LogP) is 5.70. The fourth-order valence-electron chi connectivity index (χ4n) is 1.72. The molecule has 0 heterocycles. The van der Waals surface area contributed by atoms with Gasteiger partial charge in [-0.3, -0.25) is 0 Å². The standard InChI is InChI=1S/C17H20SSi/c1-19(2,3)17(14-15-10-6-4-7-11-15)18-16-12-8-5-9-13-16/h4-14H,1-3H3. The lowest BCUT2D eigenvalue weighted by atomic mass is 10.2. The van der Waals surface area contributed by atoms with Crippen LogP contribution in [-0.4, -0.2) is 8.07 Å². The Bertz CT molecular complexity index is 538. The van der Waals surface area contributed by atoms with Gasteiger partial charge in [0.05, 0.1) is 8.07 Å². The van der Waals surface area contributed by atoms with Crippen molar-refractivity contribution in [2.75, 3.05) is 0 Å². The predicted molar refractivity (Wildman–Crippen MR) is 90.1 cm³/mol. The zero-order valence-corrected chi connectivity index (χ0v) is 13.6. The third-order valence-electron chi connectivity index (χ3n) is 2.81. The Kier molecular flexibility index (Phi) is 4.67. The number of rotatable bonds is 4. The Balaban J connectivity index is 2.30. The van der Waals surface area contributed by atoms with Crippen molar-refractivity contribution in [1.29, 1.82) is 0 Å². The highest BCUT2D eigenvalue weighted by atomic mass is 32.2. The molecule has 0 spiro atoms. The molecule has 0 fully saturated rings. The third-order valence-corrected chi connectivity index (χ3v) is 7.42. The molecule has 0 aliphatic rings. The van der Waals surface area contributed by atoms with Gasteiger partial charge in [0.1, 0.15) is 0 Å². The first-order valence-corrected chi connectivity index (χ1v) is 10.9. The minimum absolute atomic E-state index is 1.29. The molecule has 2 aromatic rings. The van der Waals surface area contributed by atoms with Crippen LogP contribution in [0.15, 0.2) is 70.1 Å². The van der Waals surface area contributed by atoms with Gasteiger partial charge in [-0.15, -0.1) is 0 Å². The van der Waals surface area contributed by atoms with Crippen LogP contribution in [0.25, 0.3) is 6.08 Å². The van der Waals surface area contributed by atoms with Crippen LogP contribution in [0.3, 0.4) is 0 Å². The number of thioether (sulfide) groups is 1. The molecular formula is C17H20SSi. The molecule has 0 saturated carbocycles. The highest BCUT2D eigenvalue weighted by Gasteiger charge is 2.20. The van der Waals surface area contributed by atoms with E-state index < -0.39 is 8.07 Å². The quantitative estimate of drug-likeness (QED) is 0.513. The first kappa shape index (κ1) is 14.2. The van der Waals surface area contributed by atoms with Gasteiger partial charge in [0.15, 0.2) is 0 Å². The minimum Gasteiger partial charge on any atom is -0.0991 e. The van der Waals surface area contributed by atoms with Gasteiger partial charge < -0.3 is 0 Å². The van der Waals surface area contributed by atoms with Crippen molar-refractivity contribution in [3.8, 4) is 0 Å². The zero-order valence-electron chi connectivity index (χ0n) is 11.8. The molecule has 0 nitrogen and oxygen atoms in total. The van der Waals surface area contributed by atoms with Crippen LogP contribution in [-0.2, 0) is 0 Å². The molecule has 0 radical (unpaired) electrons. The maximum absolute atomic E-state index is 2.40. The molecule has 2 aromatic carbocycles. The van der Waals surface area contributed by atoms with E-state index in [-0.39, 0.29) is 0 Å². The summed E-state index contributed by atoms with van der Waals surface area (Å²) in [4.78, 5) is 1.33. The summed E-state index contributed by atoms with van der Waals surface area (Å²) >= 11 is 1.91. The van der Waals surface area contributed by atoms with E-state index in [1.807, 2.05) is 11.8 Å². The van der Waals surface area contributed by atoms with Crippen LogP contribution in [0.4, 0.5) is 0 Å². The lowest BCUT2D eigenvalue weighted by Gasteiger charge is -2.20. The van der Waals surface area contributed by atoms with E-state index in [2.05, 4.69) is 86.4 Å². The van der Waals surface area contributed by atoms with E-state index >= 15 is 0 Å². The molecule has 0 atom stereocenters. The van der Waals surface area contributed by atoms with Crippen molar-refractivity contribution in [3.63, 3.8) is 0 Å². The van der Waals surface area contributed by atoms with Gasteiger partial charge in [0, 0.05) is 4.90 Å². The zero-order chi connectivity index (χ0) is 13.7.